The van der Waals surface area contributed by atoms with Gasteiger partial charge in [-0.15, -0.1) is 0 Å². The lowest BCUT2D eigenvalue weighted by Gasteiger charge is -2.39. The molecular formula is C29H33FN4O3. The predicted octanol–water partition coefficient (Wildman–Crippen LogP) is 5.12. The standard InChI is InChI=1S/C29H33FN4O3/c1-3-32(4-2)29(35)24-12-10-23(11-13-24)28(25-6-5-7-27(20-25)34(36)37)33-18-16-31(17-19-33)21-22-8-14-26(30)15-9-22/h5-15,20,28H,3-4,16-19,21H2,1-2H3/t28-/m1/s1. The number of halogens is 1. The molecule has 7 nitrogen and oxygen atoms in total. The van der Waals surface area contributed by atoms with Crippen LogP contribution in [0.5, 0.6) is 0 Å². The van der Waals surface area contributed by atoms with E-state index in [2.05, 4.69) is 9.80 Å². The number of amides is 1. The van der Waals surface area contributed by atoms with Crippen molar-refractivity contribution >= 4 is 11.6 Å². The monoisotopic (exact) mass is 504 g/mol. The summed E-state index contributed by atoms with van der Waals surface area (Å²) in [7, 11) is 0. The highest BCUT2D eigenvalue weighted by atomic mass is 19.1. The minimum Gasteiger partial charge on any atom is -0.339 e. The first-order chi connectivity index (χ1) is 17.9. The smallest absolute Gasteiger partial charge is 0.269 e. The van der Waals surface area contributed by atoms with Crippen molar-refractivity contribution in [2.75, 3.05) is 39.3 Å². The van der Waals surface area contributed by atoms with Gasteiger partial charge in [-0.05, 0) is 54.8 Å². The van der Waals surface area contributed by atoms with Crippen LogP contribution in [0.4, 0.5) is 10.1 Å². The molecule has 1 amide bonds. The lowest BCUT2D eigenvalue weighted by atomic mass is 9.95. The van der Waals surface area contributed by atoms with Crippen LogP contribution in [-0.4, -0.2) is 64.8 Å². The average Bonchev–Trinajstić information content (AvgIpc) is 2.92. The largest absolute Gasteiger partial charge is 0.339 e. The first-order valence-corrected chi connectivity index (χ1v) is 12.7. The Bertz CT molecular complexity index is 1200. The third-order valence-electron chi connectivity index (χ3n) is 7.01. The van der Waals surface area contributed by atoms with Crippen LogP contribution >= 0.6 is 0 Å². The van der Waals surface area contributed by atoms with Gasteiger partial charge in [-0.1, -0.05) is 36.4 Å². The molecule has 0 spiro atoms. The molecule has 0 bridgehead atoms. The van der Waals surface area contributed by atoms with Crippen LogP contribution in [0.15, 0.2) is 72.8 Å². The summed E-state index contributed by atoms with van der Waals surface area (Å²) in [4.78, 5) is 30.4. The zero-order valence-electron chi connectivity index (χ0n) is 21.3. The normalized spacial score (nSPS) is 15.3. The third kappa shape index (κ3) is 6.39. The van der Waals surface area contributed by atoms with E-state index in [4.69, 9.17) is 0 Å². The summed E-state index contributed by atoms with van der Waals surface area (Å²) >= 11 is 0. The van der Waals surface area contributed by atoms with Crippen molar-refractivity contribution in [2.24, 2.45) is 0 Å². The molecule has 194 valence electrons. The number of nitro benzene ring substituents is 1. The zero-order valence-corrected chi connectivity index (χ0v) is 21.3. The molecule has 3 aromatic carbocycles. The molecule has 0 aliphatic carbocycles. The Balaban J connectivity index is 1.56. The summed E-state index contributed by atoms with van der Waals surface area (Å²) < 4.78 is 13.3. The number of rotatable bonds is 9. The highest BCUT2D eigenvalue weighted by molar-refractivity contribution is 5.94. The Morgan fingerprint density at radius 3 is 2.19 bits per heavy atom. The summed E-state index contributed by atoms with van der Waals surface area (Å²) in [6.45, 7) is 9.16. The lowest BCUT2D eigenvalue weighted by molar-refractivity contribution is -0.384. The molecule has 1 saturated heterocycles. The van der Waals surface area contributed by atoms with Crippen molar-refractivity contribution < 1.29 is 14.1 Å². The molecule has 0 radical (unpaired) electrons. The summed E-state index contributed by atoms with van der Waals surface area (Å²) in [6, 6.07) is 20.9. The van der Waals surface area contributed by atoms with Crippen molar-refractivity contribution in [2.45, 2.75) is 26.4 Å². The maximum atomic E-state index is 13.3. The van der Waals surface area contributed by atoms with Gasteiger partial charge in [-0.25, -0.2) is 4.39 Å². The second kappa shape index (κ2) is 12.1. The summed E-state index contributed by atoms with van der Waals surface area (Å²) in [5.74, 6) is -0.240. The van der Waals surface area contributed by atoms with Crippen LogP contribution < -0.4 is 0 Å². The van der Waals surface area contributed by atoms with E-state index in [1.165, 1.54) is 18.2 Å². The molecule has 1 fully saturated rings. The SMILES string of the molecule is CCN(CC)C(=O)c1ccc([C@H](c2cccc([N+](=O)[O-])c2)N2CCN(Cc3ccc(F)cc3)CC2)cc1. The topological polar surface area (TPSA) is 69.9 Å². The number of benzene rings is 3. The molecule has 3 aromatic rings. The molecule has 1 atom stereocenters. The van der Waals surface area contributed by atoms with E-state index in [1.54, 1.807) is 17.0 Å². The number of carbonyl (C=O) groups excluding carboxylic acids is 1. The highest BCUT2D eigenvalue weighted by Crippen LogP contribution is 2.32. The second-order valence-electron chi connectivity index (χ2n) is 9.29. The van der Waals surface area contributed by atoms with Gasteiger partial charge in [0.25, 0.3) is 11.6 Å². The molecule has 1 heterocycles. The van der Waals surface area contributed by atoms with Crippen LogP contribution in [0, 0.1) is 15.9 Å². The van der Waals surface area contributed by atoms with Crippen molar-refractivity contribution in [3.63, 3.8) is 0 Å². The van der Waals surface area contributed by atoms with E-state index >= 15 is 0 Å². The fourth-order valence-corrected chi connectivity index (χ4v) is 4.95. The summed E-state index contributed by atoms with van der Waals surface area (Å²) in [6.07, 6.45) is 0. The number of non-ortho nitro benzene ring substituents is 1. The number of nitro groups is 1. The Kier molecular flexibility index (Phi) is 8.63. The van der Waals surface area contributed by atoms with E-state index in [9.17, 15) is 19.3 Å². The molecule has 0 unspecified atom stereocenters. The van der Waals surface area contributed by atoms with E-state index in [0.717, 1.165) is 49.4 Å². The second-order valence-corrected chi connectivity index (χ2v) is 9.29. The maximum Gasteiger partial charge on any atom is 0.269 e. The number of carbonyl (C=O) groups is 1. The third-order valence-corrected chi connectivity index (χ3v) is 7.01. The van der Waals surface area contributed by atoms with Gasteiger partial charge in [0.15, 0.2) is 0 Å². The molecule has 1 aliphatic rings. The lowest BCUT2D eigenvalue weighted by Crippen LogP contribution is -2.47. The number of hydrogen-bond acceptors (Lipinski definition) is 5. The minimum absolute atomic E-state index is 0.00198. The predicted molar refractivity (Wildman–Crippen MR) is 142 cm³/mol. The van der Waals surface area contributed by atoms with Crippen molar-refractivity contribution in [1.82, 2.24) is 14.7 Å². The number of nitrogens with zero attached hydrogens (tertiary/aromatic N) is 4. The van der Waals surface area contributed by atoms with Crippen molar-refractivity contribution in [1.29, 1.82) is 0 Å². The average molecular weight is 505 g/mol. The van der Waals surface area contributed by atoms with Crippen LogP contribution in [0.1, 0.15) is 46.9 Å². The first kappa shape index (κ1) is 26.4. The number of piperazine rings is 1. The van der Waals surface area contributed by atoms with Crippen LogP contribution in [0.3, 0.4) is 0 Å². The Hall–Kier alpha value is -3.62. The fraction of sp³-hybridized carbons (Fsp3) is 0.345. The molecular weight excluding hydrogens is 471 g/mol. The molecule has 1 aliphatic heterocycles. The van der Waals surface area contributed by atoms with E-state index in [-0.39, 0.29) is 28.4 Å². The van der Waals surface area contributed by atoms with Crippen LogP contribution in [0.2, 0.25) is 0 Å². The Morgan fingerprint density at radius 2 is 1.59 bits per heavy atom. The Morgan fingerprint density at radius 1 is 0.946 bits per heavy atom. The van der Waals surface area contributed by atoms with Gasteiger partial charge in [-0.3, -0.25) is 24.7 Å². The minimum atomic E-state index is -0.368. The number of hydrogen-bond donors (Lipinski definition) is 0. The highest BCUT2D eigenvalue weighted by Gasteiger charge is 2.28. The molecule has 4 rings (SSSR count). The molecule has 37 heavy (non-hydrogen) atoms. The van der Waals surface area contributed by atoms with Crippen molar-refractivity contribution in [3.8, 4) is 0 Å². The Labute approximate surface area is 217 Å². The molecule has 0 aromatic heterocycles. The van der Waals surface area contributed by atoms with Gasteiger partial charge < -0.3 is 4.90 Å². The van der Waals surface area contributed by atoms with Gasteiger partial charge in [0, 0.05) is 63.5 Å². The van der Waals surface area contributed by atoms with Crippen LogP contribution in [-0.2, 0) is 6.54 Å². The molecule has 8 heteroatoms. The molecule has 0 saturated carbocycles. The van der Waals surface area contributed by atoms with Gasteiger partial charge in [-0.2, -0.15) is 0 Å². The van der Waals surface area contributed by atoms with Gasteiger partial charge in [0.05, 0.1) is 11.0 Å². The van der Waals surface area contributed by atoms with Crippen molar-refractivity contribution in [3.05, 3.63) is 111 Å². The summed E-state index contributed by atoms with van der Waals surface area (Å²) in [5, 5.41) is 11.5. The zero-order chi connectivity index (χ0) is 26.4. The van der Waals surface area contributed by atoms with E-state index < -0.39 is 0 Å². The van der Waals surface area contributed by atoms with Gasteiger partial charge in [0.1, 0.15) is 5.82 Å². The fourth-order valence-electron chi connectivity index (χ4n) is 4.95. The maximum absolute atomic E-state index is 13.3. The first-order valence-electron chi connectivity index (χ1n) is 12.7. The van der Waals surface area contributed by atoms with E-state index in [1.807, 2.05) is 56.3 Å². The molecule has 0 N–H and O–H groups in total. The van der Waals surface area contributed by atoms with E-state index in [0.29, 0.717) is 18.7 Å². The van der Waals surface area contributed by atoms with Crippen LogP contribution in [0.25, 0.3) is 0 Å². The van der Waals surface area contributed by atoms with Gasteiger partial charge >= 0.3 is 0 Å². The quantitative estimate of drug-likeness (QED) is 0.299. The summed E-state index contributed by atoms with van der Waals surface area (Å²) in [5.41, 5.74) is 3.60. The van der Waals surface area contributed by atoms with Gasteiger partial charge in [0.2, 0.25) is 0 Å².